The molecule has 0 radical (unpaired) electrons. The van der Waals surface area contributed by atoms with Crippen molar-refractivity contribution in [2.75, 3.05) is 13.2 Å². The number of azo groups is 1. The number of nitrogens with zero attached hydrogens (tertiary/aromatic N) is 2. The van der Waals surface area contributed by atoms with Crippen LogP contribution in [0.3, 0.4) is 0 Å². The largest absolute Gasteiger partial charge is 0.355 e. The van der Waals surface area contributed by atoms with Crippen molar-refractivity contribution in [1.82, 2.24) is 5.32 Å². The third kappa shape index (κ3) is 1.15. The van der Waals surface area contributed by atoms with Crippen LogP contribution in [0.1, 0.15) is 13.8 Å². The highest BCUT2D eigenvalue weighted by Gasteiger charge is 2.46. The van der Waals surface area contributed by atoms with Gasteiger partial charge in [-0.15, -0.1) is 5.11 Å². The van der Waals surface area contributed by atoms with E-state index in [-0.39, 0.29) is 0 Å². The van der Waals surface area contributed by atoms with E-state index >= 15 is 0 Å². The predicted octanol–water partition coefficient (Wildman–Crippen LogP) is 0.436. The molecule has 2 aliphatic rings. The van der Waals surface area contributed by atoms with Crippen molar-refractivity contribution in [2.24, 2.45) is 10.2 Å². The molecule has 0 bridgehead atoms. The highest BCUT2D eigenvalue weighted by atomic mass is 16.8. The lowest BCUT2D eigenvalue weighted by atomic mass is 10.3. The molecule has 1 atom stereocenters. The van der Waals surface area contributed by atoms with Crippen molar-refractivity contribution in [2.45, 2.75) is 25.6 Å². The Morgan fingerprint density at radius 2 is 2.18 bits per heavy atom. The maximum Gasteiger partial charge on any atom is 0.355 e. The van der Waals surface area contributed by atoms with Gasteiger partial charge in [-0.1, -0.05) is 0 Å². The minimum Gasteiger partial charge on any atom is -0.316 e. The molecule has 5 heteroatoms. The summed E-state index contributed by atoms with van der Waals surface area (Å²) in [4.78, 5) is 0. The molecule has 0 amide bonds. The summed E-state index contributed by atoms with van der Waals surface area (Å²) in [5.41, 5.74) is -0.558. The molecule has 5 nitrogen and oxygen atoms in total. The molecule has 0 aromatic heterocycles. The molecule has 0 aromatic rings. The van der Waals surface area contributed by atoms with Crippen molar-refractivity contribution >= 4 is 0 Å². The Kier molecular flexibility index (Phi) is 1.30. The van der Waals surface area contributed by atoms with Crippen molar-refractivity contribution in [3.8, 4) is 0 Å². The smallest absolute Gasteiger partial charge is 0.316 e. The van der Waals surface area contributed by atoms with E-state index < -0.39 is 11.8 Å². The van der Waals surface area contributed by atoms with Gasteiger partial charge in [0.15, 0.2) is 5.72 Å². The summed E-state index contributed by atoms with van der Waals surface area (Å²) in [6.45, 7) is 5.06. The Balaban J connectivity index is 2.15. The molecule has 1 N–H and O–H groups in total. The minimum absolute atomic E-state index is 0.558. The second-order valence-electron chi connectivity index (χ2n) is 3.11. The molecular formula is C6H11N3O2. The molecule has 0 saturated carbocycles. The normalized spacial score (nSPS) is 40.5. The summed E-state index contributed by atoms with van der Waals surface area (Å²) in [5, 5.41) is 10.8. The topological polar surface area (TPSA) is 55.2 Å². The lowest BCUT2D eigenvalue weighted by molar-refractivity contribution is -0.239. The van der Waals surface area contributed by atoms with Gasteiger partial charge in [-0.25, -0.2) is 5.32 Å². The van der Waals surface area contributed by atoms with E-state index in [1.807, 2.05) is 13.8 Å². The zero-order valence-electron chi connectivity index (χ0n) is 6.63. The molecular weight excluding hydrogens is 146 g/mol. The molecule has 2 aliphatic heterocycles. The highest BCUT2D eigenvalue weighted by molar-refractivity contribution is 4.80. The number of hydrogen-bond donors (Lipinski definition) is 1. The molecule has 2 heterocycles. The number of hydrogen-bond acceptors (Lipinski definition) is 5. The fourth-order valence-electron chi connectivity index (χ4n) is 1.14. The van der Waals surface area contributed by atoms with E-state index in [9.17, 15) is 0 Å². The molecule has 1 unspecified atom stereocenters. The van der Waals surface area contributed by atoms with Gasteiger partial charge >= 0.3 is 6.03 Å². The van der Waals surface area contributed by atoms with Gasteiger partial charge < -0.3 is 4.74 Å². The van der Waals surface area contributed by atoms with Gasteiger partial charge in [0.1, 0.15) is 0 Å². The monoisotopic (exact) mass is 157 g/mol. The maximum absolute atomic E-state index is 5.43. The first-order chi connectivity index (χ1) is 5.12. The van der Waals surface area contributed by atoms with Crippen LogP contribution in [0.5, 0.6) is 0 Å². The average molecular weight is 157 g/mol. The van der Waals surface area contributed by atoms with E-state index in [4.69, 9.17) is 9.47 Å². The molecule has 11 heavy (non-hydrogen) atoms. The zero-order valence-corrected chi connectivity index (χ0v) is 6.63. The van der Waals surface area contributed by atoms with Crippen LogP contribution in [-0.2, 0) is 9.47 Å². The molecule has 0 aliphatic carbocycles. The van der Waals surface area contributed by atoms with Gasteiger partial charge in [0.05, 0.1) is 6.61 Å². The Bertz CT molecular complexity index is 196. The van der Waals surface area contributed by atoms with Crippen molar-refractivity contribution in [3.05, 3.63) is 0 Å². The van der Waals surface area contributed by atoms with Gasteiger partial charge in [-0.05, 0) is 13.8 Å². The average Bonchev–Trinajstić information content (AvgIpc) is 2.43. The fraction of sp³-hybridized carbons (Fsp3) is 1.00. The van der Waals surface area contributed by atoms with Crippen molar-refractivity contribution in [3.63, 3.8) is 0 Å². The summed E-state index contributed by atoms with van der Waals surface area (Å²) < 4.78 is 10.7. The highest BCUT2D eigenvalue weighted by Crippen LogP contribution is 2.31. The maximum atomic E-state index is 5.43. The summed E-state index contributed by atoms with van der Waals surface area (Å²) in [6.07, 6.45) is 0. The first kappa shape index (κ1) is 7.15. The molecule has 2 rings (SSSR count). The Morgan fingerprint density at radius 1 is 1.36 bits per heavy atom. The van der Waals surface area contributed by atoms with Gasteiger partial charge in [-0.2, -0.15) is 5.11 Å². The van der Waals surface area contributed by atoms with Crippen molar-refractivity contribution < 1.29 is 9.47 Å². The summed E-state index contributed by atoms with van der Waals surface area (Å²) in [6, 6.07) is -0.969. The lowest BCUT2D eigenvalue weighted by Gasteiger charge is -2.21. The second-order valence-corrected chi connectivity index (χ2v) is 3.11. The molecule has 1 fully saturated rings. The van der Waals surface area contributed by atoms with Crippen LogP contribution in [0.15, 0.2) is 10.2 Å². The standard InChI is InChI=1S/C6H11N3O2/c1-5(2)8-9-6(11-5)7-3-4-10-6/h7H,3-4H2,1-2H3. The number of ether oxygens (including phenoxy) is 2. The molecule has 1 spiro atoms. The van der Waals surface area contributed by atoms with E-state index in [2.05, 4.69) is 15.5 Å². The Hall–Kier alpha value is -0.520. The van der Waals surface area contributed by atoms with Crippen LogP contribution in [0.4, 0.5) is 0 Å². The number of nitrogens with one attached hydrogen (secondary N) is 1. The van der Waals surface area contributed by atoms with E-state index in [1.165, 1.54) is 0 Å². The van der Waals surface area contributed by atoms with Crippen LogP contribution in [0.2, 0.25) is 0 Å². The van der Waals surface area contributed by atoms with Gasteiger partial charge in [0, 0.05) is 6.54 Å². The van der Waals surface area contributed by atoms with E-state index in [0.717, 1.165) is 6.54 Å². The van der Waals surface area contributed by atoms with Crippen LogP contribution in [-0.4, -0.2) is 24.9 Å². The lowest BCUT2D eigenvalue weighted by Crippen LogP contribution is -2.42. The quantitative estimate of drug-likeness (QED) is 0.555. The summed E-state index contributed by atoms with van der Waals surface area (Å²) >= 11 is 0. The van der Waals surface area contributed by atoms with Gasteiger partial charge in [-0.3, -0.25) is 4.74 Å². The summed E-state index contributed by atoms with van der Waals surface area (Å²) in [5.74, 6) is 0. The molecule has 62 valence electrons. The van der Waals surface area contributed by atoms with Crippen molar-refractivity contribution in [1.29, 1.82) is 0 Å². The Labute approximate surface area is 64.8 Å². The third-order valence-electron chi connectivity index (χ3n) is 1.56. The third-order valence-corrected chi connectivity index (χ3v) is 1.56. The zero-order chi connectivity index (χ0) is 7.95. The van der Waals surface area contributed by atoms with Crippen LogP contribution < -0.4 is 5.32 Å². The van der Waals surface area contributed by atoms with Crippen LogP contribution >= 0.6 is 0 Å². The first-order valence-corrected chi connectivity index (χ1v) is 3.65. The van der Waals surface area contributed by atoms with E-state index in [1.54, 1.807) is 0 Å². The van der Waals surface area contributed by atoms with Gasteiger partial charge in [0.2, 0.25) is 0 Å². The van der Waals surface area contributed by atoms with E-state index in [0.29, 0.717) is 6.61 Å². The first-order valence-electron chi connectivity index (χ1n) is 3.65. The van der Waals surface area contributed by atoms with Crippen LogP contribution in [0, 0.1) is 0 Å². The fourth-order valence-corrected chi connectivity index (χ4v) is 1.14. The Morgan fingerprint density at radius 3 is 2.64 bits per heavy atom. The molecule has 1 saturated heterocycles. The van der Waals surface area contributed by atoms with Gasteiger partial charge in [0.25, 0.3) is 0 Å². The predicted molar refractivity (Wildman–Crippen MR) is 36.7 cm³/mol. The van der Waals surface area contributed by atoms with Crippen LogP contribution in [0.25, 0.3) is 0 Å². The SMILES string of the molecule is CC1(C)N=NC2(NCCO2)O1. The molecule has 0 aromatic carbocycles. The second kappa shape index (κ2) is 2.00. The number of rotatable bonds is 0. The summed E-state index contributed by atoms with van der Waals surface area (Å²) in [7, 11) is 0. The minimum atomic E-state index is -0.969.